The number of imide groups is 1. The van der Waals surface area contributed by atoms with E-state index in [1.807, 2.05) is 74.4 Å². The second kappa shape index (κ2) is 9.00. The highest BCUT2D eigenvalue weighted by Gasteiger charge is 2.41. The smallest absolute Gasteiger partial charge is 0.282 e. The molecule has 2 amide bonds. The molecule has 0 aromatic heterocycles. The van der Waals surface area contributed by atoms with Crippen molar-refractivity contribution in [3.63, 3.8) is 0 Å². The van der Waals surface area contributed by atoms with Gasteiger partial charge in [0, 0.05) is 30.5 Å². The van der Waals surface area contributed by atoms with Crippen LogP contribution in [-0.2, 0) is 9.59 Å². The van der Waals surface area contributed by atoms with Crippen LogP contribution in [0.15, 0.2) is 72.4 Å². The standard InChI is InChI=1S/C26H24ClN3O3/c1-16-5-7-17(8-6-16)23-24(28-19-10-12-20(13-11-19)29(2)3)26(32)30(25(23)31)21-15-18(27)9-14-22(21)33-4/h5-15,28H,1-4H3. The summed E-state index contributed by atoms with van der Waals surface area (Å²) in [5.41, 5.74) is 4.20. The van der Waals surface area contributed by atoms with Crippen molar-refractivity contribution < 1.29 is 14.3 Å². The van der Waals surface area contributed by atoms with Crippen LogP contribution < -0.4 is 19.9 Å². The number of benzene rings is 3. The number of rotatable bonds is 6. The lowest BCUT2D eigenvalue weighted by molar-refractivity contribution is -0.120. The van der Waals surface area contributed by atoms with Gasteiger partial charge in [-0.15, -0.1) is 0 Å². The Bertz CT molecular complexity index is 1250. The Hall–Kier alpha value is -3.77. The molecule has 0 aliphatic carbocycles. The highest BCUT2D eigenvalue weighted by molar-refractivity contribution is 6.46. The molecule has 7 heteroatoms. The first kappa shape index (κ1) is 22.4. The third-order valence-electron chi connectivity index (χ3n) is 5.46. The number of carbonyl (C=O) groups excluding carboxylic acids is 2. The summed E-state index contributed by atoms with van der Waals surface area (Å²) in [5, 5.41) is 3.57. The summed E-state index contributed by atoms with van der Waals surface area (Å²) in [7, 11) is 5.39. The van der Waals surface area contributed by atoms with Gasteiger partial charge in [0.2, 0.25) is 0 Å². The first-order valence-electron chi connectivity index (χ1n) is 10.4. The third-order valence-corrected chi connectivity index (χ3v) is 5.69. The molecule has 1 aliphatic heterocycles. The first-order valence-corrected chi connectivity index (χ1v) is 10.8. The summed E-state index contributed by atoms with van der Waals surface area (Å²) in [5.74, 6) is -0.550. The Balaban J connectivity index is 1.82. The van der Waals surface area contributed by atoms with Crippen LogP contribution >= 0.6 is 11.6 Å². The van der Waals surface area contributed by atoms with Gasteiger partial charge < -0.3 is 15.0 Å². The molecule has 1 aliphatic rings. The number of ether oxygens (including phenoxy) is 1. The average Bonchev–Trinajstić information content (AvgIpc) is 3.04. The number of nitrogens with one attached hydrogen (secondary N) is 1. The summed E-state index contributed by atoms with van der Waals surface area (Å²) >= 11 is 6.19. The molecule has 1 heterocycles. The molecule has 3 aromatic rings. The van der Waals surface area contributed by atoms with E-state index < -0.39 is 11.8 Å². The normalized spacial score (nSPS) is 13.5. The summed E-state index contributed by atoms with van der Waals surface area (Å²) in [6.45, 7) is 1.97. The van der Waals surface area contributed by atoms with Gasteiger partial charge in [-0.1, -0.05) is 41.4 Å². The zero-order chi connectivity index (χ0) is 23.7. The summed E-state index contributed by atoms with van der Waals surface area (Å²) in [6, 6.07) is 19.9. The van der Waals surface area contributed by atoms with E-state index in [1.165, 1.54) is 7.11 Å². The van der Waals surface area contributed by atoms with Crippen LogP contribution in [0.25, 0.3) is 5.57 Å². The van der Waals surface area contributed by atoms with E-state index in [2.05, 4.69) is 5.32 Å². The minimum atomic E-state index is -0.479. The number of amides is 2. The number of methoxy groups -OCH3 is 1. The molecule has 3 aromatic carbocycles. The van der Waals surface area contributed by atoms with Crippen molar-refractivity contribution in [1.82, 2.24) is 0 Å². The fourth-order valence-electron chi connectivity index (χ4n) is 3.68. The Morgan fingerprint density at radius 1 is 0.909 bits per heavy atom. The topological polar surface area (TPSA) is 61.9 Å². The lowest BCUT2D eigenvalue weighted by Gasteiger charge is -2.19. The zero-order valence-corrected chi connectivity index (χ0v) is 19.6. The van der Waals surface area contributed by atoms with E-state index in [0.29, 0.717) is 33.3 Å². The van der Waals surface area contributed by atoms with Crippen LogP contribution in [0.4, 0.5) is 17.1 Å². The molecule has 0 spiro atoms. The number of nitrogens with zero attached hydrogens (tertiary/aromatic N) is 2. The molecule has 0 bridgehead atoms. The van der Waals surface area contributed by atoms with Crippen LogP contribution in [0.2, 0.25) is 5.02 Å². The van der Waals surface area contributed by atoms with Gasteiger partial charge in [-0.3, -0.25) is 9.59 Å². The number of hydrogen-bond acceptors (Lipinski definition) is 5. The number of anilines is 3. The maximum atomic E-state index is 13.6. The van der Waals surface area contributed by atoms with Gasteiger partial charge in [0.15, 0.2) is 0 Å². The minimum Gasteiger partial charge on any atom is -0.495 e. The fraction of sp³-hybridized carbons (Fsp3) is 0.154. The van der Waals surface area contributed by atoms with E-state index in [9.17, 15) is 9.59 Å². The molecular weight excluding hydrogens is 438 g/mol. The van der Waals surface area contributed by atoms with E-state index in [0.717, 1.165) is 16.2 Å². The van der Waals surface area contributed by atoms with Crippen molar-refractivity contribution in [3.8, 4) is 5.75 Å². The summed E-state index contributed by atoms with van der Waals surface area (Å²) < 4.78 is 5.41. The van der Waals surface area contributed by atoms with E-state index in [-0.39, 0.29) is 5.70 Å². The largest absolute Gasteiger partial charge is 0.495 e. The second-order valence-corrected chi connectivity index (χ2v) is 8.38. The van der Waals surface area contributed by atoms with Crippen LogP contribution in [0, 0.1) is 6.92 Å². The van der Waals surface area contributed by atoms with Crippen LogP contribution in [0.3, 0.4) is 0 Å². The maximum absolute atomic E-state index is 13.6. The zero-order valence-electron chi connectivity index (χ0n) is 18.8. The monoisotopic (exact) mass is 461 g/mol. The molecule has 6 nitrogen and oxygen atoms in total. The van der Waals surface area contributed by atoms with Gasteiger partial charge in [0.05, 0.1) is 18.4 Å². The third kappa shape index (κ3) is 4.30. The Morgan fingerprint density at radius 3 is 2.18 bits per heavy atom. The quantitative estimate of drug-likeness (QED) is 0.516. The van der Waals surface area contributed by atoms with Gasteiger partial charge in [-0.25, -0.2) is 4.90 Å². The van der Waals surface area contributed by atoms with Crippen molar-refractivity contribution in [2.45, 2.75) is 6.92 Å². The lowest BCUT2D eigenvalue weighted by atomic mass is 10.0. The van der Waals surface area contributed by atoms with Crippen LogP contribution in [-0.4, -0.2) is 33.0 Å². The van der Waals surface area contributed by atoms with Crippen molar-refractivity contribution in [2.75, 3.05) is 36.3 Å². The molecule has 168 valence electrons. The van der Waals surface area contributed by atoms with Crippen molar-refractivity contribution in [3.05, 3.63) is 88.6 Å². The molecule has 1 N–H and O–H groups in total. The van der Waals surface area contributed by atoms with Crippen molar-refractivity contribution >= 4 is 46.1 Å². The summed E-state index contributed by atoms with van der Waals surface area (Å²) in [4.78, 5) is 30.3. The molecule has 0 saturated carbocycles. The van der Waals surface area contributed by atoms with Gasteiger partial charge in [0.25, 0.3) is 11.8 Å². The first-order chi connectivity index (χ1) is 15.8. The highest BCUT2D eigenvalue weighted by Crippen LogP contribution is 2.39. The fourth-order valence-corrected chi connectivity index (χ4v) is 3.84. The Kier molecular flexibility index (Phi) is 6.11. The SMILES string of the molecule is COc1ccc(Cl)cc1N1C(=O)C(Nc2ccc(N(C)C)cc2)=C(c2ccc(C)cc2)C1=O. The molecule has 0 fully saturated rings. The van der Waals surface area contributed by atoms with Gasteiger partial charge in [0.1, 0.15) is 11.4 Å². The molecule has 0 atom stereocenters. The predicted molar refractivity (Wildman–Crippen MR) is 133 cm³/mol. The maximum Gasteiger partial charge on any atom is 0.282 e. The van der Waals surface area contributed by atoms with Crippen molar-refractivity contribution in [1.29, 1.82) is 0 Å². The summed E-state index contributed by atoms with van der Waals surface area (Å²) in [6.07, 6.45) is 0. The predicted octanol–water partition coefficient (Wildman–Crippen LogP) is 5.12. The van der Waals surface area contributed by atoms with E-state index in [4.69, 9.17) is 16.3 Å². The number of halogens is 1. The Morgan fingerprint density at radius 2 is 1.58 bits per heavy atom. The van der Waals surface area contributed by atoms with Gasteiger partial charge in [-0.2, -0.15) is 0 Å². The molecule has 0 saturated heterocycles. The van der Waals surface area contributed by atoms with Crippen LogP contribution in [0.5, 0.6) is 5.75 Å². The Labute approximate surface area is 198 Å². The highest BCUT2D eigenvalue weighted by atomic mass is 35.5. The van der Waals surface area contributed by atoms with Gasteiger partial charge >= 0.3 is 0 Å². The molecular formula is C26H24ClN3O3. The van der Waals surface area contributed by atoms with E-state index in [1.54, 1.807) is 18.2 Å². The van der Waals surface area contributed by atoms with Crippen molar-refractivity contribution in [2.24, 2.45) is 0 Å². The molecule has 4 rings (SSSR count). The van der Waals surface area contributed by atoms with Gasteiger partial charge in [-0.05, 0) is 55.0 Å². The van der Waals surface area contributed by atoms with Crippen LogP contribution in [0.1, 0.15) is 11.1 Å². The number of aryl methyl sites for hydroxylation is 1. The number of carbonyl (C=O) groups is 2. The minimum absolute atomic E-state index is 0.198. The lowest BCUT2D eigenvalue weighted by Crippen LogP contribution is -2.32. The average molecular weight is 462 g/mol. The molecule has 0 radical (unpaired) electrons. The molecule has 0 unspecified atom stereocenters. The molecule has 33 heavy (non-hydrogen) atoms. The second-order valence-electron chi connectivity index (χ2n) is 7.94. The number of hydrogen-bond donors (Lipinski definition) is 1. The van der Waals surface area contributed by atoms with E-state index >= 15 is 0 Å².